The van der Waals surface area contributed by atoms with Crippen molar-refractivity contribution < 1.29 is 4.79 Å². The van der Waals surface area contributed by atoms with E-state index in [9.17, 15) is 4.79 Å². The average molecular weight is 399 g/mol. The highest BCUT2D eigenvalue weighted by molar-refractivity contribution is 7.97. The number of primary amides is 1. The molecule has 2 aromatic carbocycles. The fourth-order valence-corrected chi connectivity index (χ4v) is 4.42. The van der Waals surface area contributed by atoms with Gasteiger partial charge in [-0.2, -0.15) is 0 Å². The van der Waals surface area contributed by atoms with Crippen molar-refractivity contribution in [1.82, 2.24) is 4.90 Å². The Hall–Kier alpha value is -2.02. The van der Waals surface area contributed by atoms with E-state index in [0.29, 0.717) is 0 Å². The molecule has 0 radical (unpaired) electrons. The molecule has 2 amide bonds. The van der Waals surface area contributed by atoms with Crippen LogP contribution in [-0.2, 0) is 32.2 Å². The van der Waals surface area contributed by atoms with Crippen LogP contribution in [0.4, 0.5) is 10.5 Å². The first kappa shape index (κ1) is 20.7. The Morgan fingerprint density at radius 1 is 1.04 bits per heavy atom. The van der Waals surface area contributed by atoms with E-state index in [0.717, 1.165) is 42.8 Å². The lowest BCUT2D eigenvalue weighted by Crippen LogP contribution is -2.21. The molecule has 0 spiro atoms. The van der Waals surface area contributed by atoms with Gasteiger partial charge in [0.1, 0.15) is 0 Å². The third kappa shape index (κ3) is 5.07. The third-order valence-electron chi connectivity index (χ3n) is 5.28. The molecule has 2 aliphatic carbocycles. The van der Waals surface area contributed by atoms with Gasteiger partial charge in [-0.15, -0.1) is 0 Å². The molecule has 5 nitrogen and oxygen atoms in total. The van der Waals surface area contributed by atoms with Gasteiger partial charge in [0, 0.05) is 17.1 Å². The average Bonchev–Trinajstić information content (AvgIpc) is 3.31. The molecule has 2 aliphatic rings. The van der Waals surface area contributed by atoms with Crippen LogP contribution in [0.25, 0.3) is 0 Å². The maximum absolute atomic E-state index is 11.1. The summed E-state index contributed by atoms with van der Waals surface area (Å²) in [5, 5.41) is 8.25. The predicted molar refractivity (Wildman–Crippen MR) is 118 cm³/mol. The quantitative estimate of drug-likeness (QED) is 0.683. The minimum Gasteiger partial charge on any atom is -0.351 e. The number of urea groups is 1. The second-order valence-electron chi connectivity index (χ2n) is 7.72. The molecule has 0 saturated carbocycles. The number of benzene rings is 2. The Labute approximate surface area is 172 Å². The summed E-state index contributed by atoms with van der Waals surface area (Å²) in [5.41, 5.74) is 13.1. The Morgan fingerprint density at radius 3 is 2.07 bits per heavy atom. The van der Waals surface area contributed by atoms with Crippen LogP contribution in [0.2, 0.25) is 0 Å². The van der Waals surface area contributed by atoms with Gasteiger partial charge in [-0.3, -0.25) is 5.14 Å². The molecule has 0 fully saturated rings. The van der Waals surface area contributed by atoms with E-state index >= 15 is 0 Å². The van der Waals surface area contributed by atoms with Gasteiger partial charge in [0.15, 0.2) is 0 Å². The number of nitrogens with zero attached hydrogens (tertiary/aromatic N) is 1. The maximum Gasteiger partial charge on any atom is 0.316 e. The monoisotopic (exact) mass is 398 g/mol. The first-order valence-corrected chi connectivity index (χ1v) is 10.7. The Morgan fingerprint density at radius 2 is 1.61 bits per heavy atom. The summed E-state index contributed by atoms with van der Waals surface area (Å²) in [4.78, 5) is 14.3. The van der Waals surface area contributed by atoms with Gasteiger partial charge in [0.05, 0.1) is 0 Å². The van der Waals surface area contributed by atoms with Crippen LogP contribution in [0.1, 0.15) is 40.7 Å². The number of anilines is 1. The predicted octanol–water partition coefficient (Wildman–Crippen LogP) is 3.87. The van der Waals surface area contributed by atoms with Crippen molar-refractivity contribution in [3.8, 4) is 0 Å². The van der Waals surface area contributed by atoms with E-state index in [1.807, 2.05) is 12.1 Å². The van der Waals surface area contributed by atoms with Crippen LogP contribution >= 0.6 is 11.9 Å². The lowest BCUT2D eigenvalue weighted by atomic mass is 9.99. The smallest absolute Gasteiger partial charge is 0.316 e. The summed E-state index contributed by atoms with van der Waals surface area (Å²) in [6.07, 6.45) is 6.86. The Bertz CT molecular complexity index is 801. The number of nitrogens with one attached hydrogen (secondary N) is 1. The Kier molecular flexibility index (Phi) is 6.99. The van der Waals surface area contributed by atoms with Gasteiger partial charge in [-0.1, -0.05) is 18.2 Å². The molecule has 0 aromatic heterocycles. The van der Waals surface area contributed by atoms with Crippen LogP contribution in [0.15, 0.2) is 35.2 Å². The number of carbonyl (C=O) groups excluding carboxylic acids is 1. The van der Waals surface area contributed by atoms with Crippen molar-refractivity contribution in [3.05, 3.63) is 58.1 Å². The van der Waals surface area contributed by atoms with Crippen LogP contribution in [0.3, 0.4) is 0 Å². The van der Waals surface area contributed by atoms with Crippen molar-refractivity contribution in [2.75, 3.05) is 19.4 Å². The highest BCUT2D eigenvalue weighted by Crippen LogP contribution is 2.38. The molecule has 5 N–H and O–H groups in total. The number of hydrogen-bond acceptors (Lipinski definition) is 4. The number of fused-ring (bicyclic) bond motifs is 2. The summed E-state index contributed by atoms with van der Waals surface area (Å²) in [6, 6.07) is 10.2. The summed E-state index contributed by atoms with van der Waals surface area (Å²) >= 11 is 1.28. The zero-order valence-corrected chi connectivity index (χ0v) is 17.6. The molecule has 0 bridgehead atoms. The molecule has 0 atom stereocenters. The topological polar surface area (TPSA) is 84.4 Å². The van der Waals surface area contributed by atoms with Gasteiger partial charge in [-0.25, -0.2) is 4.79 Å². The second kappa shape index (κ2) is 9.45. The van der Waals surface area contributed by atoms with Gasteiger partial charge in [-0.05, 0) is 105 Å². The largest absolute Gasteiger partial charge is 0.351 e. The fourth-order valence-electron chi connectivity index (χ4n) is 4.13. The third-order valence-corrected chi connectivity index (χ3v) is 5.82. The molecule has 6 heteroatoms. The lowest BCUT2D eigenvalue weighted by molar-refractivity contribution is 0.259. The first-order valence-electron chi connectivity index (χ1n) is 9.81. The summed E-state index contributed by atoms with van der Waals surface area (Å²) in [6.45, 7) is 0.982. The van der Waals surface area contributed by atoms with Crippen LogP contribution in [-0.4, -0.2) is 25.0 Å². The zero-order valence-electron chi connectivity index (χ0n) is 16.8. The molecule has 150 valence electrons. The second-order valence-corrected chi connectivity index (χ2v) is 8.43. The van der Waals surface area contributed by atoms with Gasteiger partial charge in [0.25, 0.3) is 0 Å². The minimum atomic E-state index is -0.436. The van der Waals surface area contributed by atoms with Gasteiger partial charge in [0.2, 0.25) is 0 Å². The van der Waals surface area contributed by atoms with Crippen molar-refractivity contribution in [1.29, 1.82) is 0 Å². The molecule has 0 heterocycles. The number of hydrogen-bond donors (Lipinski definition) is 3. The van der Waals surface area contributed by atoms with Crippen molar-refractivity contribution in [2.45, 2.75) is 50.0 Å². The van der Waals surface area contributed by atoms with E-state index in [2.05, 4.69) is 42.5 Å². The first-order chi connectivity index (χ1) is 13.5. The van der Waals surface area contributed by atoms with Crippen LogP contribution < -0.4 is 16.2 Å². The molecule has 2 aromatic rings. The molecular formula is C22H30N4OS. The molecule has 0 aliphatic heterocycles. The van der Waals surface area contributed by atoms with E-state index in [1.165, 1.54) is 52.6 Å². The molecule has 0 unspecified atom stereocenters. The highest BCUT2D eigenvalue weighted by atomic mass is 32.2. The summed E-state index contributed by atoms with van der Waals surface area (Å²) in [5.74, 6) is 0. The van der Waals surface area contributed by atoms with E-state index in [-0.39, 0.29) is 0 Å². The maximum atomic E-state index is 11.1. The Balaban J connectivity index is 0.000000169. The standard InChI is InChI=1S/C13H16N2O.C9H14N2S/c14-13(16)15-12-10-5-1-3-8(10)7-9-4-2-6-11(9)12;1-11(2)7-8-3-5-9(12-10)6-4-8/h7H,1-6H2,(H3,14,15,16);3-6H,7,10H2,1-2H3. The number of aryl methyl sites for hydroxylation is 2. The van der Waals surface area contributed by atoms with Gasteiger partial charge < -0.3 is 16.0 Å². The normalized spacial score (nSPS) is 14.3. The summed E-state index contributed by atoms with van der Waals surface area (Å²) < 4.78 is 0. The molecule has 4 rings (SSSR count). The number of amides is 2. The number of rotatable bonds is 4. The van der Waals surface area contributed by atoms with E-state index in [1.54, 1.807) is 0 Å². The van der Waals surface area contributed by atoms with E-state index < -0.39 is 6.03 Å². The lowest BCUT2D eigenvalue weighted by Gasteiger charge is -2.14. The zero-order chi connectivity index (χ0) is 20.1. The van der Waals surface area contributed by atoms with Gasteiger partial charge >= 0.3 is 6.03 Å². The molecular weight excluding hydrogens is 368 g/mol. The minimum absolute atomic E-state index is 0.436. The van der Waals surface area contributed by atoms with Crippen molar-refractivity contribution >= 4 is 23.7 Å². The summed E-state index contributed by atoms with van der Waals surface area (Å²) in [7, 11) is 4.12. The van der Waals surface area contributed by atoms with E-state index in [4.69, 9.17) is 10.9 Å². The number of carbonyl (C=O) groups is 1. The van der Waals surface area contributed by atoms with Crippen molar-refractivity contribution in [3.63, 3.8) is 0 Å². The van der Waals surface area contributed by atoms with Crippen LogP contribution in [0.5, 0.6) is 0 Å². The SMILES string of the molecule is CN(C)Cc1ccc(SN)cc1.NC(=O)Nc1c2c(cc3c1CCC3)CCC2. The molecule has 28 heavy (non-hydrogen) atoms. The van der Waals surface area contributed by atoms with Crippen LogP contribution in [0, 0.1) is 0 Å². The fraction of sp³-hybridized carbons (Fsp3) is 0.409. The number of nitrogens with two attached hydrogens (primary N) is 2. The molecule has 0 saturated heterocycles. The van der Waals surface area contributed by atoms with Crippen molar-refractivity contribution in [2.24, 2.45) is 10.9 Å². The highest BCUT2D eigenvalue weighted by Gasteiger charge is 2.24.